The molecule has 3 aromatic heterocycles. The average molecular weight is 664 g/mol. The Kier molecular flexibility index (Phi) is 9.63. The highest BCUT2D eigenvalue weighted by Gasteiger charge is 2.28. The van der Waals surface area contributed by atoms with E-state index in [1.165, 1.54) is 12.4 Å². The Morgan fingerprint density at radius 1 is 1.09 bits per heavy atom. The number of piperazine rings is 1. The van der Waals surface area contributed by atoms with Gasteiger partial charge in [0.25, 0.3) is 5.91 Å². The largest absolute Gasteiger partial charge is 0.477 e. The topological polar surface area (TPSA) is 159 Å². The van der Waals surface area contributed by atoms with Crippen LogP contribution in [0.5, 0.6) is 0 Å². The van der Waals surface area contributed by atoms with E-state index in [9.17, 15) is 24.3 Å². The number of carboxylic acid groups (broad SMARTS) is 1. The van der Waals surface area contributed by atoms with Crippen molar-refractivity contribution in [3.05, 3.63) is 74.0 Å². The lowest BCUT2D eigenvalue weighted by Gasteiger charge is -2.36. The van der Waals surface area contributed by atoms with Gasteiger partial charge in [0.1, 0.15) is 16.2 Å². The molecule has 4 heterocycles. The fourth-order valence-electron chi connectivity index (χ4n) is 5.15. The van der Waals surface area contributed by atoms with E-state index >= 15 is 0 Å². The maximum atomic E-state index is 13.3. The first-order valence-corrected chi connectivity index (χ1v) is 15.9. The SMILES string of the molecule is CCOC(=O)c1c(NC(=S)N2CCN(c3ncc4c(=O)c(C(=O)O)cn(CC)c4n3)CC2)sc(C(=O)Nc2ccccc2C)c1C. The highest BCUT2D eigenvalue weighted by molar-refractivity contribution is 7.80. The Bertz CT molecular complexity index is 1910. The van der Waals surface area contributed by atoms with Crippen LogP contribution in [-0.4, -0.2) is 80.3 Å². The second-order valence-corrected chi connectivity index (χ2v) is 11.9. The molecule has 0 bridgehead atoms. The number of pyridine rings is 1. The molecule has 0 unspecified atom stereocenters. The lowest BCUT2D eigenvalue weighted by atomic mass is 10.1. The summed E-state index contributed by atoms with van der Waals surface area (Å²) in [5.74, 6) is -1.76. The zero-order valence-electron chi connectivity index (χ0n) is 25.7. The first kappa shape index (κ1) is 32.5. The first-order valence-electron chi connectivity index (χ1n) is 14.7. The average Bonchev–Trinajstić information content (AvgIpc) is 3.37. The summed E-state index contributed by atoms with van der Waals surface area (Å²) >= 11 is 6.88. The lowest BCUT2D eigenvalue weighted by Crippen LogP contribution is -2.50. The number of carboxylic acids is 1. The van der Waals surface area contributed by atoms with Gasteiger partial charge in [0.2, 0.25) is 11.4 Å². The van der Waals surface area contributed by atoms with E-state index in [0.29, 0.717) is 70.6 Å². The maximum Gasteiger partial charge on any atom is 0.341 e. The molecule has 1 saturated heterocycles. The van der Waals surface area contributed by atoms with Gasteiger partial charge in [-0.25, -0.2) is 14.6 Å². The summed E-state index contributed by atoms with van der Waals surface area (Å²) in [6.07, 6.45) is 2.68. The minimum Gasteiger partial charge on any atom is -0.477 e. The Morgan fingerprint density at radius 2 is 1.80 bits per heavy atom. The van der Waals surface area contributed by atoms with Crippen LogP contribution >= 0.6 is 23.6 Å². The van der Waals surface area contributed by atoms with Crippen molar-refractivity contribution in [3.8, 4) is 0 Å². The highest BCUT2D eigenvalue weighted by Crippen LogP contribution is 2.35. The normalized spacial score (nSPS) is 13.0. The van der Waals surface area contributed by atoms with Crippen LogP contribution in [0.3, 0.4) is 0 Å². The number of esters is 1. The molecule has 1 aromatic carbocycles. The summed E-state index contributed by atoms with van der Waals surface area (Å²) < 4.78 is 6.94. The number of anilines is 3. The summed E-state index contributed by atoms with van der Waals surface area (Å²) in [6, 6.07) is 7.45. The van der Waals surface area contributed by atoms with Crippen LogP contribution in [0.15, 0.2) is 41.5 Å². The van der Waals surface area contributed by atoms with Gasteiger partial charge in [0.15, 0.2) is 5.11 Å². The van der Waals surface area contributed by atoms with Crippen molar-refractivity contribution in [2.24, 2.45) is 0 Å². The van der Waals surface area contributed by atoms with Crippen molar-refractivity contribution in [1.82, 2.24) is 19.4 Å². The fourth-order valence-corrected chi connectivity index (χ4v) is 6.59. The number of nitrogens with one attached hydrogen (secondary N) is 2. The van der Waals surface area contributed by atoms with Gasteiger partial charge in [-0.3, -0.25) is 9.59 Å². The number of hydrogen-bond donors (Lipinski definition) is 3. The van der Waals surface area contributed by atoms with Crippen LogP contribution in [-0.2, 0) is 11.3 Å². The van der Waals surface area contributed by atoms with Crippen LogP contribution in [0.25, 0.3) is 11.0 Å². The standard InChI is InChI=1S/C31H33N7O6S2/c1-5-36-16-20(28(41)42)23(39)19-15-32-30(34-25(19)36)37-11-13-38(14-12-37)31(45)35-27-22(29(43)44-6-2)18(4)24(46-27)26(40)33-21-10-8-7-9-17(21)3/h7-10,15-16H,5-6,11-14H2,1-4H3,(H,33,40)(H,35,45)(H,41,42). The molecule has 0 saturated carbocycles. The number of nitrogens with zero attached hydrogens (tertiary/aromatic N) is 5. The molecular formula is C31H33N7O6S2. The number of benzene rings is 1. The van der Waals surface area contributed by atoms with Crippen LogP contribution in [0, 0.1) is 13.8 Å². The minimum atomic E-state index is -1.30. The Balaban J connectivity index is 1.32. The van der Waals surface area contributed by atoms with Crippen LogP contribution < -0.4 is 21.0 Å². The number of fused-ring (bicyclic) bond motifs is 1. The van der Waals surface area contributed by atoms with Crippen molar-refractivity contribution in [1.29, 1.82) is 0 Å². The molecule has 0 spiro atoms. The van der Waals surface area contributed by atoms with Gasteiger partial charge in [-0.2, -0.15) is 4.98 Å². The molecule has 240 valence electrons. The summed E-state index contributed by atoms with van der Waals surface area (Å²) in [5, 5.41) is 16.5. The van der Waals surface area contributed by atoms with Crippen molar-refractivity contribution < 1.29 is 24.2 Å². The fraction of sp³-hybridized carbons (Fsp3) is 0.323. The van der Waals surface area contributed by atoms with Crippen molar-refractivity contribution in [2.75, 3.05) is 48.3 Å². The lowest BCUT2D eigenvalue weighted by molar-refractivity contribution is 0.0526. The molecule has 1 amide bonds. The number of aromatic nitrogens is 3. The van der Waals surface area contributed by atoms with Gasteiger partial charge in [0.05, 0.1) is 22.4 Å². The van der Waals surface area contributed by atoms with E-state index < -0.39 is 17.4 Å². The molecule has 1 aliphatic rings. The smallest absolute Gasteiger partial charge is 0.341 e. The quantitative estimate of drug-likeness (QED) is 0.183. The van der Waals surface area contributed by atoms with E-state index in [0.717, 1.165) is 16.9 Å². The third kappa shape index (κ3) is 6.41. The second kappa shape index (κ2) is 13.6. The zero-order chi connectivity index (χ0) is 33.1. The number of carbonyl (C=O) groups is 3. The number of rotatable bonds is 8. The highest BCUT2D eigenvalue weighted by atomic mass is 32.1. The number of thiophene rings is 1. The molecule has 13 nitrogen and oxygen atoms in total. The molecule has 0 radical (unpaired) electrons. The molecule has 1 aliphatic heterocycles. The zero-order valence-corrected chi connectivity index (χ0v) is 27.4. The van der Waals surface area contributed by atoms with Crippen LogP contribution in [0.1, 0.15) is 55.4 Å². The van der Waals surface area contributed by atoms with E-state index in [2.05, 4.69) is 20.6 Å². The molecule has 0 atom stereocenters. The number of thiocarbonyl (C=S) groups is 1. The summed E-state index contributed by atoms with van der Waals surface area (Å²) in [7, 11) is 0. The van der Waals surface area contributed by atoms with Gasteiger partial charge in [0, 0.05) is 50.8 Å². The minimum absolute atomic E-state index is 0.144. The molecule has 0 aliphatic carbocycles. The number of hydrogen-bond acceptors (Lipinski definition) is 10. The van der Waals surface area contributed by atoms with Crippen molar-refractivity contribution >= 4 is 74.2 Å². The first-order chi connectivity index (χ1) is 22.0. The third-order valence-electron chi connectivity index (χ3n) is 7.67. The summed E-state index contributed by atoms with van der Waals surface area (Å²) in [4.78, 5) is 63.8. The van der Waals surface area contributed by atoms with E-state index in [1.807, 2.05) is 47.9 Å². The Hall–Kier alpha value is -4.89. The van der Waals surface area contributed by atoms with Gasteiger partial charge < -0.3 is 34.8 Å². The monoisotopic (exact) mass is 663 g/mol. The van der Waals surface area contributed by atoms with E-state index in [1.54, 1.807) is 18.4 Å². The molecule has 46 heavy (non-hydrogen) atoms. The molecule has 4 aromatic rings. The Morgan fingerprint density at radius 3 is 2.46 bits per heavy atom. The predicted octanol–water partition coefficient (Wildman–Crippen LogP) is 4.14. The number of carbonyl (C=O) groups excluding carboxylic acids is 2. The Labute approximate surface area is 273 Å². The van der Waals surface area contributed by atoms with Crippen LogP contribution in [0.4, 0.5) is 16.6 Å². The predicted molar refractivity (Wildman–Crippen MR) is 181 cm³/mol. The van der Waals surface area contributed by atoms with Gasteiger partial charge >= 0.3 is 11.9 Å². The number of amides is 1. The third-order valence-corrected chi connectivity index (χ3v) is 9.24. The van der Waals surface area contributed by atoms with Crippen molar-refractivity contribution in [3.63, 3.8) is 0 Å². The molecule has 5 rings (SSSR count). The van der Waals surface area contributed by atoms with Crippen LogP contribution in [0.2, 0.25) is 0 Å². The van der Waals surface area contributed by atoms with E-state index in [-0.39, 0.29) is 29.0 Å². The summed E-state index contributed by atoms with van der Waals surface area (Å²) in [6.45, 7) is 9.80. The molecule has 3 N–H and O–H groups in total. The second-order valence-electron chi connectivity index (χ2n) is 10.5. The van der Waals surface area contributed by atoms with Gasteiger partial charge in [-0.05, 0) is 57.1 Å². The van der Waals surface area contributed by atoms with E-state index in [4.69, 9.17) is 17.0 Å². The number of para-hydroxylation sites is 1. The number of ether oxygens (including phenoxy) is 1. The molecule has 1 fully saturated rings. The van der Waals surface area contributed by atoms with Gasteiger partial charge in [-0.15, -0.1) is 11.3 Å². The molecule has 15 heteroatoms. The summed E-state index contributed by atoms with van der Waals surface area (Å²) in [5.41, 5.74) is 1.77. The number of aryl methyl sites for hydroxylation is 2. The van der Waals surface area contributed by atoms with Crippen molar-refractivity contribution in [2.45, 2.75) is 34.2 Å². The molecular weight excluding hydrogens is 631 g/mol. The van der Waals surface area contributed by atoms with Gasteiger partial charge in [-0.1, -0.05) is 18.2 Å². The maximum absolute atomic E-state index is 13.3. The number of aromatic carboxylic acids is 1.